The summed E-state index contributed by atoms with van der Waals surface area (Å²) in [7, 11) is 1.98. The van der Waals surface area contributed by atoms with Gasteiger partial charge < -0.3 is 5.32 Å². The van der Waals surface area contributed by atoms with Crippen LogP contribution in [-0.2, 0) is 19.3 Å². The van der Waals surface area contributed by atoms with Gasteiger partial charge in [0.15, 0.2) is 5.82 Å². The summed E-state index contributed by atoms with van der Waals surface area (Å²) in [6, 6.07) is 0. The maximum Gasteiger partial charge on any atom is 0.172 e. The molecule has 102 valence electrons. The first-order chi connectivity index (χ1) is 9.31. The molecule has 2 aromatic rings. The normalized spacial score (nSPS) is 10.9. The van der Waals surface area contributed by atoms with Crippen LogP contribution in [0, 0.1) is 0 Å². The Hall–Kier alpha value is -1.75. The Morgan fingerprint density at radius 2 is 2.05 bits per heavy atom. The predicted molar refractivity (Wildman–Crippen MR) is 75.5 cm³/mol. The lowest BCUT2D eigenvalue weighted by atomic mass is 10.1. The molecule has 0 aromatic carbocycles. The van der Waals surface area contributed by atoms with Crippen molar-refractivity contribution < 1.29 is 0 Å². The van der Waals surface area contributed by atoms with Gasteiger partial charge in [-0.05, 0) is 38.4 Å². The molecule has 0 saturated heterocycles. The van der Waals surface area contributed by atoms with Crippen LogP contribution in [0.25, 0.3) is 5.82 Å². The fourth-order valence-electron chi connectivity index (χ4n) is 2.31. The molecule has 19 heavy (non-hydrogen) atoms. The number of hydrogen-bond donors (Lipinski definition) is 1. The van der Waals surface area contributed by atoms with Crippen molar-refractivity contribution in [1.82, 2.24) is 25.1 Å². The van der Waals surface area contributed by atoms with E-state index in [1.54, 1.807) is 18.6 Å². The number of aromatic nitrogens is 4. The van der Waals surface area contributed by atoms with Crippen LogP contribution < -0.4 is 5.32 Å². The van der Waals surface area contributed by atoms with Crippen molar-refractivity contribution in [3.63, 3.8) is 0 Å². The molecule has 0 unspecified atom stereocenters. The number of hydrogen-bond acceptors (Lipinski definition) is 4. The highest BCUT2D eigenvalue weighted by molar-refractivity contribution is 5.33. The summed E-state index contributed by atoms with van der Waals surface area (Å²) in [5.74, 6) is 0.796. The first kappa shape index (κ1) is 13.7. The van der Waals surface area contributed by atoms with Crippen LogP contribution in [0.5, 0.6) is 0 Å². The minimum atomic E-state index is 0.796. The molecule has 5 nitrogen and oxygen atoms in total. The summed E-state index contributed by atoms with van der Waals surface area (Å²) in [6.07, 6.45) is 8.04. The number of aryl methyl sites for hydroxylation is 1. The standard InChI is InChI=1S/C14H21N5/c1-4-12-11(6-7-15-3)13(5-2)19(18-12)14-10-16-8-9-17-14/h8-10,15H,4-7H2,1-3H3. The predicted octanol–water partition coefficient (Wildman–Crippen LogP) is 1.55. The van der Waals surface area contributed by atoms with Crippen molar-refractivity contribution in [3.8, 4) is 5.82 Å². The topological polar surface area (TPSA) is 55.6 Å². The molecule has 2 rings (SSSR count). The van der Waals surface area contributed by atoms with Crippen LogP contribution in [0.1, 0.15) is 30.8 Å². The second-order valence-corrected chi connectivity index (χ2v) is 4.41. The first-order valence-corrected chi connectivity index (χ1v) is 6.82. The van der Waals surface area contributed by atoms with E-state index in [1.807, 2.05) is 11.7 Å². The molecule has 0 aliphatic heterocycles. The Balaban J connectivity index is 2.47. The Kier molecular flexibility index (Phi) is 4.63. The first-order valence-electron chi connectivity index (χ1n) is 6.82. The van der Waals surface area contributed by atoms with Crippen LogP contribution in [0.2, 0.25) is 0 Å². The lowest BCUT2D eigenvalue weighted by molar-refractivity contribution is 0.759. The van der Waals surface area contributed by atoms with E-state index in [9.17, 15) is 0 Å². The average molecular weight is 259 g/mol. The van der Waals surface area contributed by atoms with Gasteiger partial charge in [-0.15, -0.1) is 0 Å². The second kappa shape index (κ2) is 6.43. The fraction of sp³-hybridized carbons (Fsp3) is 0.500. The summed E-state index contributed by atoms with van der Waals surface area (Å²) < 4.78 is 1.94. The lowest BCUT2D eigenvalue weighted by Crippen LogP contribution is -2.12. The lowest BCUT2D eigenvalue weighted by Gasteiger charge is -2.06. The fourth-order valence-corrected chi connectivity index (χ4v) is 2.31. The van der Waals surface area contributed by atoms with Crippen molar-refractivity contribution in [2.75, 3.05) is 13.6 Å². The van der Waals surface area contributed by atoms with Crippen LogP contribution in [0.3, 0.4) is 0 Å². The molecule has 0 saturated carbocycles. The highest BCUT2D eigenvalue weighted by Crippen LogP contribution is 2.19. The summed E-state index contributed by atoms with van der Waals surface area (Å²) >= 11 is 0. The number of nitrogens with zero attached hydrogens (tertiary/aromatic N) is 4. The van der Waals surface area contributed by atoms with Crippen LogP contribution in [0.15, 0.2) is 18.6 Å². The summed E-state index contributed by atoms with van der Waals surface area (Å²) in [5, 5.41) is 7.91. The summed E-state index contributed by atoms with van der Waals surface area (Å²) in [5.41, 5.74) is 3.76. The number of nitrogens with one attached hydrogen (secondary N) is 1. The molecule has 1 N–H and O–H groups in total. The third-order valence-electron chi connectivity index (χ3n) is 3.23. The monoisotopic (exact) mass is 259 g/mol. The zero-order chi connectivity index (χ0) is 13.7. The van der Waals surface area contributed by atoms with Gasteiger partial charge in [-0.25, -0.2) is 9.67 Å². The molecule has 0 atom stereocenters. The van der Waals surface area contributed by atoms with E-state index in [-0.39, 0.29) is 0 Å². The van der Waals surface area contributed by atoms with Crippen LogP contribution in [0.4, 0.5) is 0 Å². The van der Waals surface area contributed by atoms with Crippen LogP contribution >= 0.6 is 0 Å². The smallest absolute Gasteiger partial charge is 0.172 e. The van der Waals surface area contributed by atoms with Gasteiger partial charge in [-0.3, -0.25) is 4.98 Å². The van der Waals surface area contributed by atoms with E-state index < -0.39 is 0 Å². The van der Waals surface area contributed by atoms with Gasteiger partial charge in [0, 0.05) is 18.1 Å². The molecule has 0 spiro atoms. The average Bonchev–Trinajstić information content (AvgIpc) is 2.83. The van der Waals surface area contributed by atoms with Crippen molar-refractivity contribution in [2.24, 2.45) is 0 Å². The molecule has 0 radical (unpaired) electrons. The van der Waals surface area contributed by atoms with Gasteiger partial charge in [0.05, 0.1) is 11.9 Å². The van der Waals surface area contributed by atoms with Gasteiger partial charge in [0.1, 0.15) is 0 Å². The summed E-state index contributed by atoms with van der Waals surface area (Å²) in [4.78, 5) is 8.48. The SMILES string of the molecule is CCc1nn(-c2cnccn2)c(CC)c1CCNC. The van der Waals surface area contributed by atoms with Crippen molar-refractivity contribution in [2.45, 2.75) is 33.1 Å². The molecule has 2 heterocycles. The molecule has 0 fully saturated rings. The molecule has 2 aromatic heterocycles. The summed E-state index contributed by atoms with van der Waals surface area (Å²) in [6.45, 7) is 5.27. The van der Waals surface area contributed by atoms with Gasteiger partial charge >= 0.3 is 0 Å². The maximum absolute atomic E-state index is 4.71. The van der Waals surface area contributed by atoms with Gasteiger partial charge in [-0.2, -0.15) is 5.10 Å². The maximum atomic E-state index is 4.71. The molecule has 0 bridgehead atoms. The molecule has 0 aliphatic rings. The van der Waals surface area contributed by atoms with E-state index >= 15 is 0 Å². The molecular formula is C14H21N5. The van der Waals surface area contributed by atoms with E-state index in [1.165, 1.54) is 11.3 Å². The molecule has 0 aliphatic carbocycles. The quantitative estimate of drug-likeness (QED) is 0.855. The highest BCUT2D eigenvalue weighted by atomic mass is 15.3. The van der Waals surface area contributed by atoms with Crippen molar-refractivity contribution in [3.05, 3.63) is 35.5 Å². The van der Waals surface area contributed by atoms with Gasteiger partial charge in [0.25, 0.3) is 0 Å². The molecular weight excluding hydrogens is 238 g/mol. The Morgan fingerprint density at radius 1 is 1.21 bits per heavy atom. The zero-order valence-electron chi connectivity index (χ0n) is 11.8. The minimum Gasteiger partial charge on any atom is -0.319 e. The molecule has 5 heteroatoms. The third kappa shape index (κ3) is 2.81. The third-order valence-corrected chi connectivity index (χ3v) is 3.23. The van der Waals surface area contributed by atoms with E-state index in [4.69, 9.17) is 5.10 Å². The largest absolute Gasteiger partial charge is 0.319 e. The number of likely N-dealkylation sites (N-methyl/N-ethyl adjacent to an activating group) is 1. The van der Waals surface area contributed by atoms with Gasteiger partial charge in [-0.1, -0.05) is 13.8 Å². The van der Waals surface area contributed by atoms with E-state index in [0.29, 0.717) is 0 Å². The van der Waals surface area contributed by atoms with Crippen molar-refractivity contribution in [1.29, 1.82) is 0 Å². The second-order valence-electron chi connectivity index (χ2n) is 4.41. The zero-order valence-corrected chi connectivity index (χ0v) is 11.8. The highest BCUT2D eigenvalue weighted by Gasteiger charge is 2.16. The Bertz CT molecular complexity index is 518. The van der Waals surface area contributed by atoms with Crippen LogP contribution in [-0.4, -0.2) is 33.3 Å². The van der Waals surface area contributed by atoms with E-state index in [2.05, 4.69) is 29.1 Å². The minimum absolute atomic E-state index is 0.796. The van der Waals surface area contributed by atoms with Crippen molar-refractivity contribution >= 4 is 0 Å². The molecule has 0 amide bonds. The number of rotatable bonds is 6. The van der Waals surface area contributed by atoms with Gasteiger partial charge in [0.2, 0.25) is 0 Å². The Labute approximate surface area is 114 Å². The Morgan fingerprint density at radius 3 is 2.63 bits per heavy atom. The van der Waals surface area contributed by atoms with E-state index in [0.717, 1.165) is 37.3 Å².